The molecule has 100 valence electrons. The first-order valence-corrected chi connectivity index (χ1v) is 6.23. The predicted molar refractivity (Wildman–Crippen MR) is 67.5 cm³/mol. The SMILES string of the molecule is CCC(C)CNC(=O)CCC(=O)OC(C)(C)C. The minimum atomic E-state index is -0.482. The third-order valence-corrected chi connectivity index (χ3v) is 2.32. The van der Waals surface area contributed by atoms with Crippen LogP contribution in [0.25, 0.3) is 0 Å². The average molecular weight is 243 g/mol. The Morgan fingerprint density at radius 2 is 1.82 bits per heavy atom. The van der Waals surface area contributed by atoms with Crippen molar-refractivity contribution in [1.29, 1.82) is 0 Å². The van der Waals surface area contributed by atoms with Crippen LogP contribution in [0.4, 0.5) is 0 Å². The number of carbonyl (C=O) groups is 2. The summed E-state index contributed by atoms with van der Waals surface area (Å²) in [4.78, 5) is 22.8. The molecule has 0 saturated heterocycles. The Morgan fingerprint density at radius 3 is 2.29 bits per heavy atom. The zero-order valence-electron chi connectivity index (χ0n) is 11.6. The summed E-state index contributed by atoms with van der Waals surface area (Å²) in [7, 11) is 0. The average Bonchev–Trinajstić information content (AvgIpc) is 2.20. The van der Waals surface area contributed by atoms with Gasteiger partial charge in [-0.15, -0.1) is 0 Å². The number of amides is 1. The van der Waals surface area contributed by atoms with Crippen molar-refractivity contribution in [3.63, 3.8) is 0 Å². The second kappa shape index (κ2) is 7.30. The predicted octanol–water partition coefficient (Wildman–Crippen LogP) is 2.27. The zero-order chi connectivity index (χ0) is 13.5. The molecule has 0 bridgehead atoms. The maximum Gasteiger partial charge on any atom is 0.306 e. The number of esters is 1. The van der Waals surface area contributed by atoms with Crippen molar-refractivity contribution in [2.45, 2.75) is 59.5 Å². The number of hydrogen-bond acceptors (Lipinski definition) is 3. The quantitative estimate of drug-likeness (QED) is 0.728. The molecule has 0 aromatic heterocycles. The van der Waals surface area contributed by atoms with E-state index in [1.807, 2.05) is 20.8 Å². The molecule has 0 aromatic rings. The number of nitrogens with one attached hydrogen (secondary N) is 1. The van der Waals surface area contributed by atoms with Gasteiger partial charge in [-0.3, -0.25) is 9.59 Å². The summed E-state index contributed by atoms with van der Waals surface area (Å²) in [5, 5.41) is 2.80. The van der Waals surface area contributed by atoms with Crippen molar-refractivity contribution in [2.24, 2.45) is 5.92 Å². The molecular weight excluding hydrogens is 218 g/mol. The Kier molecular flexibility index (Phi) is 6.85. The van der Waals surface area contributed by atoms with Crippen molar-refractivity contribution in [3.05, 3.63) is 0 Å². The van der Waals surface area contributed by atoms with Crippen LogP contribution in [0.5, 0.6) is 0 Å². The van der Waals surface area contributed by atoms with Crippen molar-refractivity contribution in [3.8, 4) is 0 Å². The molecule has 0 aromatic carbocycles. The minimum absolute atomic E-state index is 0.0869. The highest BCUT2D eigenvalue weighted by molar-refractivity contribution is 5.81. The van der Waals surface area contributed by atoms with Crippen LogP contribution in [0.3, 0.4) is 0 Å². The van der Waals surface area contributed by atoms with E-state index in [0.29, 0.717) is 12.5 Å². The summed E-state index contributed by atoms with van der Waals surface area (Å²) in [5.74, 6) is 0.0628. The van der Waals surface area contributed by atoms with Crippen molar-refractivity contribution < 1.29 is 14.3 Å². The van der Waals surface area contributed by atoms with E-state index in [1.165, 1.54) is 0 Å². The highest BCUT2D eigenvalue weighted by Gasteiger charge is 2.17. The first-order chi connectivity index (χ1) is 7.74. The largest absolute Gasteiger partial charge is 0.460 e. The molecule has 0 fully saturated rings. The molecule has 1 N–H and O–H groups in total. The Bertz CT molecular complexity index is 256. The fourth-order valence-corrected chi connectivity index (χ4v) is 1.13. The van der Waals surface area contributed by atoms with E-state index in [0.717, 1.165) is 6.42 Å². The van der Waals surface area contributed by atoms with Crippen LogP contribution in [-0.2, 0) is 14.3 Å². The molecule has 0 aliphatic carbocycles. The normalized spacial score (nSPS) is 13.0. The number of rotatable bonds is 6. The van der Waals surface area contributed by atoms with Gasteiger partial charge in [0.1, 0.15) is 5.60 Å². The second-order valence-corrected chi connectivity index (χ2v) is 5.40. The Morgan fingerprint density at radius 1 is 1.24 bits per heavy atom. The molecule has 0 saturated carbocycles. The summed E-state index contributed by atoms with van der Waals surface area (Å²) in [6.45, 7) is 10.3. The molecule has 4 heteroatoms. The van der Waals surface area contributed by atoms with E-state index in [9.17, 15) is 9.59 Å². The van der Waals surface area contributed by atoms with Gasteiger partial charge in [0.25, 0.3) is 0 Å². The van der Waals surface area contributed by atoms with E-state index in [-0.39, 0.29) is 24.7 Å². The standard InChI is InChI=1S/C13H25NO3/c1-6-10(2)9-14-11(15)7-8-12(16)17-13(3,4)5/h10H,6-9H2,1-5H3,(H,14,15). The fourth-order valence-electron chi connectivity index (χ4n) is 1.13. The van der Waals surface area contributed by atoms with Crippen LogP contribution in [-0.4, -0.2) is 24.0 Å². The topological polar surface area (TPSA) is 55.4 Å². The lowest BCUT2D eigenvalue weighted by atomic mass is 10.1. The van der Waals surface area contributed by atoms with Crippen LogP contribution >= 0.6 is 0 Å². The molecular formula is C13H25NO3. The van der Waals surface area contributed by atoms with Gasteiger partial charge in [0.15, 0.2) is 0 Å². The van der Waals surface area contributed by atoms with Crippen LogP contribution in [0.1, 0.15) is 53.9 Å². The first-order valence-electron chi connectivity index (χ1n) is 6.23. The highest BCUT2D eigenvalue weighted by Crippen LogP contribution is 2.09. The van der Waals surface area contributed by atoms with Gasteiger partial charge < -0.3 is 10.1 Å². The molecule has 1 unspecified atom stereocenters. The van der Waals surface area contributed by atoms with E-state index >= 15 is 0 Å². The summed E-state index contributed by atoms with van der Waals surface area (Å²) < 4.78 is 5.12. The minimum Gasteiger partial charge on any atom is -0.460 e. The van der Waals surface area contributed by atoms with Gasteiger partial charge in [0.2, 0.25) is 5.91 Å². The van der Waals surface area contributed by atoms with Gasteiger partial charge in [-0.2, -0.15) is 0 Å². The van der Waals surface area contributed by atoms with Gasteiger partial charge in [-0.25, -0.2) is 0 Å². The second-order valence-electron chi connectivity index (χ2n) is 5.40. The molecule has 1 atom stereocenters. The summed E-state index contributed by atoms with van der Waals surface area (Å²) in [6.07, 6.45) is 1.38. The molecule has 0 rings (SSSR count). The van der Waals surface area contributed by atoms with Crippen LogP contribution in [0, 0.1) is 5.92 Å². The first kappa shape index (κ1) is 15.9. The van der Waals surface area contributed by atoms with Gasteiger partial charge in [0, 0.05) is 13.0 Å². The lowest BCUT2D eigenvalue weighted by molar-refractivity contribution is -0.155. The van der Waals surface area contributed by atoms with Crippen LogP contribution < -0.4 is 5.32 Å². The molecule has 17 heavy (non-hydrogen) atoms. The summed E-state index contributed by atoms with van der Waals surface area (Å²) in [5.41, 5.74) is -0.482. The zero-order valence-corrected chi connectivity index (χ0v) is 11.6. The van der Waals surface area contributed by atoms with Crippen molar-refractivity contribution >= 4 is 11.9 Å². The molecule has 0 aliphatic rings. The van der Waals surface area contributed by atoms with Gasteiger partial charge >= 0.3 is 5.97 Å². The Labute approximate surface area is 104 Å². The van der Waals surface area contributed by atoms with Crippen LogP contribution in [0.2, 0.25) is 0 Å². The smallest absolute Gasteiger partial charge is 0.306 e. The van der Waals surface area contributed by atoms with E-state index in [1.54, 1.807) is 0 Å². The lowest BCUT2D eigenvalue weighted by Crippen LogP contribution is -2.29. The fraction of sp³-hybridized carbons (Fsp3) is 0.846. The highest BCUT2D eigenvalue weighted by atomic mass is 16.6. The molecule has 1 amide bonds. The monoisotopic (exact) mass is 243 g/mol. The van der Waals surface area contributed by atoms with Gasteiger partial charge in [-0.1, -0.05) is 20.3 Å². The number of carbonyl (C=O) groups excluding carboxylic acids is 2. The molecule has 0 radical (unpaired) electrons. The number of hydrogen-bond donors (Lipinski definition) is 1. The van der Waals surface area contributed by atoms with Gasteiger partial charge in [0.05, 0.1) is 6.42 Å². The lowest BCUT2D eigenvalue weighted by Gasteiger charge is -2.19. The molecule has 0 heterocycles. The maximum absolute atomic E-state index is 11.4. The third-order valence-electron chi connectivity index (χ3n) is 2.32. The molecule has 0 aliphatic heterocycles. The van der Waals surface area contributed by atoms with E-state index in [2.05, 4.69) is 19.2 Å². The van der Waals surface area contributed by atoms with Gasteiger partial charge in [-0.05, 0) is 26.7 Å². The molecule has 0 spiro atoms. The van der Waals surface area contributed by atoms with E-state index in [4.69, 9.17) is 4.74 Å². The van der Waals surface area contributed by atoms with E-state index < -0.39 is 5.60 Å². The Balaban J connectivity index is 3.74. The third kappa shape index (κ3) is 9.85. The molecule has 4 nitrogen and oxygen atoms in total. The maximum atomic E-state index is 11.4. The van der Waals surface area contributed by atoms with Crippen molar-refractivity contribution in [1.82, 2.24) is 5.32 Å². The summed E-state index contributed by atoms with van der Waals surface area (Å²) in [6, 6.07) is 0. The van der Waals surface area contributed by atoms with Crippen LogP contribution in [0.15, 0.2) is 0 Å². The number of ether oxygens (including phenoxy) is 1. The van der Waals surface area contributed by atoms with Crippen molar-refractivity contribution in [2.75, 3.05) is 6.54 Å². The summed E-state index contributed by atoms with van der Waals surface area (Å²) >= 11 is 0. The Hall–Kier alpha value is -1.06.